The van der Waals surface area contributed by atoms with Crippen molar-refractivity contribution < 1.29 is 4.79 Å². The Morgan fingerprint density at radius 2 is 1.94 bits per heavy atom. The number of hydrogen-bond acceptors (Lipinski definition) is 1. The van der Waals surface area contributed by atoms with Gasteiger partial charge in [-0.05, 0) is 24.5 Å². The molecule has 0 aliphatic carbocycles. The number of alkyl halides is 1. The van der Waals surface area contributed by atoms with Crippen molar-refractivity contribution >= 4 is 21.8 Å². The van der Waals surface area contributed by atoms with Crippen LogP contribution in [0.2, 0.25) is 0 Å². The third-order valence-electron chi connectivity index (χ3n) is 3.05. The Bertz CT molecular complexity index is 379. The van der Waals surface area contributed by atoms with Crippen LogP contribution in [0.15, 0.2) is 24.3 Å². The summed E-state index contributed by atoms with van der Waals surface area (Å²) in [5.41, 5.74) is 2.00. The van der Waals surface area contributed by atoms with Crippen LogP contribution in [0.25, 0.3) is 0 Å². The summed E-state index contributed by atoms with van der Waals surface area (Å²) in [6.45, 7) is 5.86. The van der Waals surface area contributed by atoms with E-state index in [2.05, 4.69) is 29.8 Å². The van der Waals surface area contributed by atoms with E-state index >= 15 is 0 Å². The molecular formula is C15H22BrNO. The summed E-state index contributed by atoms with van der Waals surface area (Å²) in [6.07, 6.45) is 3.08. The first-order valence-corrected chi connectivity index (χ1v) is 7.79. The smallest absolute Gasteiger partial charge is 0.254 e. The lowest BCUT2D eigenvalue weighted by atomic mass is 10.0. The predicted molar refractivity (Wildman–Crippen MR) is 80.4 cm³/mol. The maximum atomic E-state index is 12.5. The summed E-state index contributed by atoms with van der Waals surface area (Å²) in [5.74, 6) is 0.167. The van der Waals surface area contributed by atoms with Crippen molar-refractivity contribution in [3.05, 3.63) is 35.4 Å². The fourth-order valence-corrected chi connectivity index (χ4v) is 2.40. The van der Waals surface area contributed by atoms with Crippen molar-refractivity contribution in [2.24, 2.45) is 0 Å². The van der Waals surface area contributed by atoms with E-state index in [4.69, 9.17) is 0 Å². The topological polar surface area (TPSA) is 20.3 Å². The van der Waals surface area contributed by atoms with E-state index in [1.165, 1.54) is 0 Å². The maximum Gasteiger partial charge on any atom is 0.254 e. The van der Waals surface area contributed by atoms with Crippen molar-refractivity contribution in [1.29, 1.82) is 0 Å². The fraction of sp³-hybridized carbons (Fsp3) is 0.533. The molecule has 0 saturated heterocycles. The average Bonchev–Trinajstić information content (AvgIpc) is 2.42. The normalized spacial score (nSPS) is 10.4. The first-order chi connectivity index (χ1) is 8.74. The van der Waals surface area contributed by atoms with Crippen LogP contribution in [0, 0.1) is 0 Å². The fourth-order valence-electron chi connectivity index (χ4n) is 1.97. The van der Waals surface area contributed by atoms with Crippen LogP contribution >= 0.6 is 15.9 Å². The first kappa shape index (κ1) is 15.2. The van der Waals surface area contributed by atoms with Gasteiger partial charge in [-0.2, -0.15) is 0 Å². The van der Waals surface area contributed by atoms with Gasteiger partial charge in [0.2, 0.25) is 0 Å². The Balaban J connectivity index is 2.86. The van der Waals surface area contributed by atoms with Gasteiger partial charge in [-0.15, -0.1) is 0 Å². The molecule has 18 heavy (non-hydrogen) atoms. The highest BCUT2D eigenvalue weighted by Gasteiger charge is 2.16. The second kappa shape index (κ2) is 8.30. The Morgan fingerprint density at radius 3 is 2.56 bits per heavy atom. The molecule has 1 amide bonds. The monoisotopic (exact) mass is 311 g/mol. The lowest BCUT2D eigenvalue weighted by molar-refractivity contribution is 0.0763. The highest BCUT2D eigenvalue weighted by molar-refractivity contribution is 9.09. The SMILES string of the molecule is CCCCN(CCBr)C(=O)c1ccccc1CC. The van der Waals surface area contributed by atoms with Gasteiger partial charge in [0, 0.05) is 24.0 Å². The Hall–Kier alpha value is -0.830. The Kier molecular flexibility index (Phi) is 7.02. The molecule has 0 spiro atoms. The molecule has 0 heterocycles. The van der Waals surface area contributed by atoms with Crippen LogP contribution in [0.3, 0.4) is 0 Å². The standard InChI is InChI=1S/C15H22BrNO/c1-3-5-11-17(12-10-16)15(18)14-9-7-6-8-13(14)4-2/h6-9H,3-5,10-12H2,1-2H3. The van der Waals surface area contributed by atoms with E-state index in [-0.39, 0.29) is 5.91 Å². The molecule has 0 aliphatic rings. The van der Waals surface area contributed by atoms with Crippen LogP contribution < -0.4 is 0 Å². The maximum absolute atomic E-state index is 12.5. The minimum absolute atomic E-state index is 0.167. The van der Waals surface area contributed by atoms with E-state index < -0.39 is 0 Å². The number of halogens is 1. The first-order valence-electron chi connectivity index (χ1n) is 6.67. The van der Waals surface area contributed by atoms with Crippen LogP contribution in [0.4, 0.5) is 0 Å². The van der Waals surface area contributed by atoms with Crippen LogP contribution in [0.1, 0.15) is 42.6 Å². The number of rotatable bonds is 7. The quantitative estimate of drug-likeness (QED) is 0.700. The zero-order valence-electron chi connectivity index (χ0n) is 11.3. The van der Waals surface area contributed by atoms with Gasteiger partial charge < -0.3 is 4.90 Å². The number of nitrogens with zero attached hydrogens (tertiary/aromatic N) is 1. The molecule has 1 rings (SSSR count). The zero-order chi connectivity index (χ0) is 13.4. The van der Waals surface area contributed by atoms with Gasteiger partial charge in [0.25, 0.3) is 5.91 Å². The number of carbonyl (C=O) groups is 1. The number of amides is 1. The number of aryl methyl sites for hydroxylation is 1. The van der Waals surface area contributed by atoms with Crippen molar-refractivity contribution in [2.75, 3.05) is 18.4 Å². The molecule has 0 bridgehead atoms. The average molecular weight is 312 g/mol. The minimum atomic E-state index is 0.167. The number of carbonyl (C=O) groups excluding carboxylic acids is 1. The molecular weight excluding hydrogens is 290 g/mol. The molecule has 0 N–H and O–H groups in total. The van der Waals surface area contributed by atoms with E-state index in [1.807, 2.05) is 29.2 Å². The second-order valence-corrected chi connectivity index (χ2v) is 5.14. The van der Waals surface area contributed by atoms with Crippen LogP contribution in [-0.4, -0.2) is 29.2 Å². The van der Waals surface area contributed by atoms with Gasteiger partial charge in [-0.25, -0.2) is 0 Å². The molecule has 0 atom stereocenters. The molecule has 100 valence electrons. The Labute approximate surface area is 119 Å². The van der Waals surface area contributed by atoms with E-state index in [9.17, 15) is 4.79 Å². The van der Waals surface area contributed by atoms with E-state index in [0.29, 0.717) is 0 Å². The third kappa shape index (κ3) is 4.13. The lowest BCUT2D eigenvalue weighted by Crippen LogP contribution is -2.34. The van der Waals surface area contributed by atoms with Gasteiger partial charge in [0.1, 0.15) is 0 Å². The molecule has 0 saturated carbocycles. The van der Waals surface area contributed by atoms with E-state index in [1.54, 1.807) is 0 Å². The predicted octanol–water partition coefficient (Wildman–Crippen LogP) is 3.89. The molecule has 1 aromatic rings. The summed E-state index contributed by atoms with van der Waals surface area (Å²) in [7, 11) is 0. The molecule has 0 unspecified atom stereocenters. The summed E-state index contributed by atoms with van der Waals surface area (Å²) >= 11 is 3.42. The van der Waals surface area contributed by atoms with Crippen molar-refractivity contribution in [2.45, 2.75) is 33.1 Å². The van der Waals surface area contributed by atoms with E-state index in [0.717, 1.165) is 48.8 Å². The summed E-state index contributed by atoms with van der Waals surface area (Å²) in [5, 5.41) is 0.830. The second-order valence-electron chi connectivity index (χ2n) is 4.35. The summed E-state index contributed by atoms with van der Waals surface area (Å²) in [4.78, 5) is 14.5. The lowest BCUT2D eigenvalue weighted by Gasteiger charge is -2.22. The highest BCUT2D eigenvalue weighted by Crippen LogP contribution is 2.13. The highest BCUT2D eigenvalue weighted by atomic mass is 79.9. The number of hydrogen-bond donors (Lipinski definition) is 0. The molecule has 0 aliphatic heterocycles. The number of unbranched alkanes of at least 4 members (excludes halogenated alkanes) is 1. The zero-order valence-corrected chi connectivity index (χ0v) is 12.9. The molecule has 0 aromatic heterocycles. The molecule has 1 aromatic carbocycles. The van der Waals surface area contributed by atoms with Crippen LogP contribution in [-0.2, 0) is 6.42 Å². The van der Waals surface area contributed by atoms with Crippen molar-refractivity contribution in [3.8, 4) is 0 Å². The molecule has 0 fully saturated rings. The Morgan fingerprint density at radius 1 is 1.22 bits per heavy atom. The van der Waals surface area contributed by atoms with Crippen molar-refractivity contribution in [3.63, 3.8) is 0 Å². The van der Waals surface area contributed by atoms with Crippen molar-refractivity contribution in [1.82, 2.24) is 4.90 Å². The van der Waals surface area contributed by atoms with Gasteiger partial charge in [-0.3, -0.25) is 4.79 Å². The summed E-state index contributed by atoms with van der Waals surface area (Å²) < 4.78 is 0. The van der Waals surface area contributed by atoms with Gasteiger partial charge in [0.05, 0.1) is 0 Å². The van der Waals surface area contributed by atoms with Gasteiger partial charge >= 0.3 is 0 Å². The molecule has 2 nitrogen and oxygen atoms in total. The number of benzene rings is 1. The third-order valence-corrected chi connectivity index (χ3v) is 3.41. The largest absolute Gasteiger partial charge is 0.338 e. The molecule has 0 radical (unpaired) electrons. The van der Waals surface area contributed by atoms with Crippen LogP contribution in [0.5, 0.6) is 0 Å². The minimum Gasteiger partial charge on any atom is -0.338 e. The molecule has 3 heteroatoms. The summed E-state index contributed by atoms with van der Waals surface area (Å²) in [6, 6.07) is 7.92. The van der Waals surface area contributed by atoms with Gasteiger partial charge in [-0.1, -0.05) is 54.4 Å². The van der Waals surface area contributed by atoms with Gasteiger partial charge in [0.15, 0.2) is 0 Å².